The van der Waals surface area contributed by atoms with E-state index in [9.17, 15) is 4.79 Å². The van der Waals surface area contributed by atoms with Gasteiger partial charge in [-0.2, -0.15) is 0 Å². The minimum atomic E-state index is 0.294. The van der Waals surface area contributed by atoms with E-state index in [0.29, 0.717) is 12.3 Å². The summed E-state index contributed by atoms with van der Waals surface area (Å²) in [4.78, 5) is 18.1. The number of guanidine groups is 1. The van der Waals surface area contributed by atoms with Crippen molar-refractivity contribution in [1.29, 1.82) is 0 Å². The minimum absolute atomic E-state index is 0.294. The van der Waals surface area contributed by atoms with Gasteiger partial charge in [0, 0.05) is 39.1 Å². The molecule has 1 amide bonds. The smallest absolute Gasteiger partial charge is 0.222 e. The summed E-state index contributed by atoms with van der Waals surface area (Å²) in [5.41, 5.74) is 2.62. The zero-order valence-corrected chi connectivity index (χ0v) is 15.0. The molecule has 1 fully saturated rings. The van der Waals surface area contributed by atoms with Crippen molar-refractivity contribution >= 4 is 11.9 Å². The fourth-order valence-corrected chi connectivity index (χ4v) is 2.81. The molecule has 0 spiro atoms. The minimum Gasteiger partial charge on any atom is -0.357 e. The summed E-state index contributed by atoms with van der Waals surface area (Å²) >= 11 is 0. The number of benzene rings is 1. The molecule has 0 atom stereocenters. The van der Waals surface area contributed by atoms with Gasteiger partial charge in [0.05, 0.1) is 0 Å². The Kier molecular flexibility index (Phi) is 7.59. The van der Waals surface area contributed by atoms with Gasteiger partial charge in [0.25, 0.3) is 0 Å². The zero-order valence-electron chi connectivity index (χ0n) is 15.0. The highest BCUT2D eigenvalue weighted by molar-refractivity contribution is 5.79. The Hall–Kier alpha value is -2.04. The summed E-state index contributed by atoms with van der Waals surface area (Å²) in [6.07, 6.45) is 3.62. The van der Waals surface area contributed by atoms with Crippen LogP contribution in [-0.2, 0) is 11.2 Å². The van der Waals surface area contributed by atoms with E-state index >= 15 is 0 Å². The van der Waals surface area contributed by atoms with Gasteiger partial charge in [0.2, 0.25) is 5.91 Å². The van der Waals surface area contributed by atoms with Crippen LogP contribution in [0.1, 0.15) is 37.3 Å². The van der Waals surface area contributed by atoms with Gasteiger partial charge < -0.3 is 15.5 Å². The molecule has 0 bridgehead atoms. The van der Waals surface area contributed by atoms with Gasteiger partial charge in [0.1, 0.15) is 0 Å². The van der Waals surface area contributed by atoms with Crippen molar-refractivity contribution in [2.75, 3.05) is 32.7 Å². The fourth-order valence-electron chi connectivity index (χ4n) is 2.81. The maximum absolute atomic E-state index is 11.6. The molecular formula is C19H30N4O. The molecule has 132 valence electrons. The van der Waals surface area contributed by atoms with Crippen molar-refractivity contribution in [1.82, 2.24) is 15.5 Å². The fraction of sp³-hybridized carbons (Fsp3) is 0.579. The molecule has 1 saturated heterocycles. The lowest BCUT2D eigenvalue weighted by Gasteiger charge is -2.15. The lowest BCUT2D eigenvalue weighted by atomic mass is 10.1. The Morgan fingerprint density at radius 3 is 2.71 bits per heavy atom. The average molecular weight is 330 g/mol. The maximum atomic E-state index is 11.6. The van der Waals surface area contributed by atoms with Crippen molar-refractivity contribution in [3.63, 3.8) is 0 Å². The van der Waals surface area contributed by atoms with E-state index in [-0.39, 0.29) is 0 Å². The maximum Gasteiger partial charge on any atom is 0.222 e. The SMILES string of the molecule is CCNC(=NCCCN1CCCC1=O)NCCc1ccc(C)cc1. The van der Waals surface area contributed by atoms with Gasteiger partial charge in [-0.1, -0.05) is 29.8 Å². The molecule has 5 heteroatoms. The van der Waals surface area contributed by atoms with Crippen LogP contribution in [0.4, 0.5) is 0 Å². The number of hydrogen-bond acceptors (Lipinski definition) is 2. The first-order valence-corrected chi connectivity index (χ1v) is 9.04. The van der Waals surface area contributed by atoms with Crippen LogP contribution in [0, 0.1) is 6.92 Å². The van der Waals surface area contributed by atoms with E-state index in [2.05, 4.69) is 53.7 Å². The molecule has 2 rings (SSSR count). The van der Waals surface area contributed by atoms with Crippen LogP contribution >= 0.6 is 0 Å². The largest absolute Gasteiger partial charge is 0.357 e. The standard InChI is InChI=1S/C19H30N4O/c1-3-20-19(21-12-5-15-23-14-4-6-18(23)24)22-13-11-17-9-7-16(2)8-10-17/h7-10H,3-6,11-15H2,1-2H3,(H2,20,21,22). The second-order valence-corrected chi connectivity index (χ2v) is 6.26. The van der Waals surface area contributed by atoms with Crippen molar-refractivity contribution in [2.24, 2.45) is 4.99 Å². The van der Waals surface area contributed by atoms with Crippen LogP contribution in [0.2, 0.25) is 0 Å². The summed E-state index contributed by atoms with van der Waals surface area (Å²) < 4.78 is 0. The summed E-state index contributed by atoms with van der Waals surface area (Å²) in [5, 5.41) is 6.65. The van der Waals surface area contributed by atoms with Crippen LogP contribution in [-0.4, -0.2) is 49.5 Å². The van der Waals surface area contributed by atoms with Crippen LogP contribution in [0.5, 0.6) is 0 Å². The van der Waals surface area contributed by atoms with E-state index < -0.39 is 0 Å². The van der Waals surface area contributed by atoms with E-state index in [1.165, 1.54) is 11.1 Å². The highest BCUT2D eigenvalue weighted by Crippen LogP contribution is 2.09. The lowest BCUT2D eigenvalue weighted by molar-refractivity contribution is -0.127. The molecule has 1 aromatic rings. The Morgan fingerprint density at radius 2 is 2.04 bits per heavy atom. The molecule has 0 unspecified atom stereocenters. The van der Waals surface area contributed by atoms with Crippen LogP contribution in [0.15, 0.2) is 29.3 Å². The van der Waals surface area contributed by atoms with E-state index in [0.717, 1.165) is 57.9 Å². The zero-order chi connectivity index (χ0) is 17.2. The number of carbonyl (C=O) groups is 1. The molecule has 0 radical (unpaired) electrons. The Balaban J connectivity index is 1.69. The summed E-state index contributed by atoms with van der Waals surface area (Å²) in [6.45, 7) is 8.36. The topological polar surface area (TPSA) is 56.7 Å². The molecule has 1 heterocycles. The molecular weight excluding hydrogens is 300 g/mol. The van der Waals surface area contributed by atoms with E-state index in [1.54, 1.807) is 0 Å². The third kappa shape index (κ3) is 6.22. The number of rotatable bonds is 8. The monoisotopic (exact) mass is 330 g/mol. The quantitative estimate of drug-likeness (QED) is 0.436. The molecule has 1 aliphatic rings. The molecule has 0 aromatic heterocycles. The second kappa shape index (κ2) is 9.96. The number of aryl methyl sites for hydroxylation is 1. The molecule has 0 saturated carbocycles. The van der Waals surface area contributed by atoms with Crippen LogP contribution < -0.4 is 10.6 Å². The Labute approximate surface area is 145 Å². The third-order valence-electron chi connectivity index (χ3n) is 4.20. The number of nitrogens with zero attached hydrogens (tertiary/aromatic N) is 2. The number of likely N-dealkylation sites (tertiary alicyclic amines) is 1. The van der Waals surface area contributed by atoms with Gasteiger partial charge in [-0.3, -0.25) is 9.79 Å². The van der Waals surface area contributed by atoms with Crippen LogP contribution in [0.3, 0.4) is 0 Å². The number of hydrogen-bond donors (Lipinski definition) is 2. The highest BCUT2D eigenvalue weighted by atomic mass is 16.2. The van der Waals surface area contributed by atoms with Crippen molar-refractivity contribution < 1.29 is 4.79 Å². The van der Waals surface area contributed by atoms with Crippen molar-refractivity contribution in [2.45, 2.75) is 39.5 Å². The normalized spacial score (nSPS) is 15.0. The van der Waals surface area contributed by atoms with Gasteiger partial charge in [-0.15, -0.1) is 0 Å². The number of aliphatic imine (C=N–C) groups is 1. The Bertz CT molecular complexity index is 539. The third-order valence-corrected chi connectivity index (χ3v) is 4.20. The van der Waals surface area contributed by atoms with E-state index in [4.69, 9.17) is 0 Å². The highest BCUT2D eigenvalue weighted by Gasteiger charge is 2.18. The number of nitrogens with one attached hydrogen (secondary N) is 2. The molecule has 1 aliphatic heterocycles. The summed E-state index contributed by atoms with van der Waals surface area (Å²) in [5.74, 6) is 1.15. The average Bonchev–Trinajstić information content (AvgIpc) is 2.98. The van der Waals surface area contributed by atoms with E-state index in [1.807, 2.05) is 4.90 Å². The Morgan fingerprint density at radius 1 is 1.25 bits per heavy atom. The number of amides is 1. The predicted molar refractivity (Wildman–Crippen MR) is 99.3 cm³/mol. The van der Waals surface area contributed by atoms with Crippen LogP contribution in [0.25, 0.3) is 0 Å². The molecule has 2 N–H and O–H groups in total. The van der Waals surface area contributed by atoms with Gasteiger partial charge >= 0.3 is 0 Å². The molecule has 5 nitrogen and oxygen atoms in total. The molecule has 1 aromatic carbocycles. The molecule has 0 aliphatic carbocycles. The first-order chi connectivity index (χ1) is 11.7. The molecule has 24 heavy (non-hydrogen) atoms. The first-order valence-electron chi connectivity index (χ1n) is 9.04. The second-order valence-electron chi connectivity index (χ2n) is 6.26. The van der Waals surface area contributed by atoms with Gasteiger partial charge in [0.15, 0.2) is 5.96 Å². The number of carbonyl (C=O) groups excluding carboxylic acids is 1. The van der Waals surface area contributed by atoms with Crippen molar-refractivity contribution in [3.05, 3.63) is 35.4 Å². The van der Waals surface area contributed by atoms with Gasteiger partial charge in [-0.05, 0) is 38.7 Å². The lowest BCUT2D eigenvalue weighted by Crippen LogP contribution is -2.38. The summed E-state index contributed by atoms with van der Waals surface area (Å²) in [6, 6.07) is 8.64. The van der Waals surface area contributed by atoms with Gasteiger partial charge in [-0.25, -0.2) is 0 Å². The summed E-state index contributed by atoms with van der Waals surface area (Å²) in [7, 11) is 0. The first kappa shape index (κ1) is 18.3. The predicted octanol–water partition coefficient (Wildman–Crippen LogP) is 2.11. The van der Waals surface area contributed by atoms with Crippen molar-refractivity contribution in [3.8, 4) is 0 Å².